The third-order valence-corrected chi connectivity index (χ3v) is 11.3. The summed E-state index contributed by atoms with van der Waals surface area (Å²) in [7, 11) is 0.486. The zero-order valence-electron chi connectivity index (χ0n) is 22.0. The summed E-state index contributed by atoms with van der Waals surface area (Å²) in [6, 6.07) is 12.3. The topological polar surface area (TPSA) is 71.0 Å². The summed E-state index contributed by atoms with van der Waals surface area (Å²) in [5, 5.41) is 10.9. The number of phenolic OH excluding ortho intramolecular Hbond substituents is 1. The summed E-state index contributed by atoms with van der Waals surface area (Å²) in [5.41, 5.74) is 3.34. The van der Waals surface area contributed by atoms with Crippen molar-refractivity contribution >= 4 is 11.0 Å². The Hall–Kier alpha value is -1.93. The van der Waals surface area contributed by atoms with Gasteiger partial charge < -0.3 is 14.6 Å². The molecule has 198 valence electrons. The van der Waals surface area contributed by atoms with E-state index >= 15 is 0 Å². The predicted molar refractivity (Wildman–Crippen MR) is 143 cm³/mol. The molecule has 7 atom stereocenters. The minimum atomic E-state index is -1.30. The fourth-order valence-corrected chi connectivity index (χ4v) is 9.28. The number of benzene rings is 2. The van der Waals surface area contributed by atoms with Gasteiger partial charge >= 0.3 is 0 Å². The Morgan fingerprint density at radius 2 is 2.00 bits per heavy atom. The summed E-state index contributed by atoms with van der Waals surface area (Å²) in [4.78, 5) is 3.56. The van der Waals surface area contributed by atoms with E-state index in [-0.39, 0.29) is 28.8 Å². The molecule has 0 radical (unpaired) electrons. The molecule has 2 aromatic carbocycles. The Morgan fingerprint density at radius 3 is 2.73 bits per heavy atom. The lowest BCUT2D eigenvalue weighted by Crippen LogP contribution is -2.71. The molecule has 2 aromatic rings. The molecule has 3 aliphatic carbocycles. The molecule has 2 bridgehead atoms. The Labute approximate surface area is 222 Å². The molecule has 2 aliphatic heterocycles. The Morgan fingerprint density at radius 1 is 1.22 bits per heavy atom. The van der Waals surface area contributed by atoms with Crippen molar-refractivity contribution in [2.75, 3.05) is 26.7 Å². The second kappa shape index (κ2) is 8.54. The number of piperidine rings is 1. The van der Waals surface area contributed by atoms with Crippen molar-refractivity contribution in [2.24, 2.45) is 17.3 Å². The highest BCUT2D eigenvalue weighted by molar-refractivity contribution is 7.83. The van der Waals surface area contributed by atoms with Gasteiger partial charge in [0.05, 0.1) is 4.90 Å². The molecule has 7 rings (SSSR count). The maximum Gasteiger partial charge on any atom is 0.165 e. The molecule has 0 amide bonds. The number of phenols is 1. The van der Waals surface area contributed by atoms with E-state index in [1.54, 1.807) is 7.11 Å². The van der Waals surface area contributed by atoms with Crippen molar-refractivity contribution in [3.05, 3.63) is 53.1 Å². The molecule has 1 spiro atoms. The normalized spacial score (nSPS) is 36.6. The average molecular weight is 523 g/mol. The first-order chi connectivity index (χ1) is 17.8. The molecule has 37 heavy (non-hydrogen) atoms. The van der Waals surface area contributed by atoms with Crippen LogP contribution in [0.25, 0.3) is 0 Å². The van der Waals surface area contributed by atoms with Gasteiger partial charge in [-0.1, -0.05) is 30.7 Å². The highest BCUT2D eigenvalue weighted by Gasteiger charge is 2.70. The smallest absolute Gasteiger partial charge is 0.165 e. The Bertz CT molecular complexity index is 1250. The van der Waals surface area contributed by atoms with Crippen molar-refractivity contribution in [1.29, 1.82) is 0 Å². The standard InChI is InChI=1S/C30H38N2O4S/c1-18-4-9-21(10-5-18)37(34)31-17-29(2)15-22-23-14-20-8-11-24(33)26-25(20)30(22,28(36-26)27(29)35-3)12-13-32(23)16-19-6-7-19/h4-5,8-11,19,22-23,27-28,31,33H,6-7,12-17H2,1-3H3/t22?,23-,27?,28+,29+,30?,37?/m1/s1. The van der Waals surface area contributed by atoms with Crippen LogP contribution in [0.5, 0.6) is 11.5 Å². The Balaban J connectivity index is 1.25. The number of hydrogen-bond acceptors (Lipinski definition) is 5. The van der Waals surface area contributed by atoms with Crippen LogP contribution in [0.3, 0.4) is 0 Å². The zero-order chi connectivity index (χ0) is 25.5. The first kappa shape index (κ1) is 24.1. The van der Waals surface area contributed by atoms with E-state index in [1.807, 2.05) is 37.3 Å². The van der Waals surface area contributed by atoms with Crippen molar-refractivity contribution in [3.8, 4) is 11.5 Å². The molecule has 2 heterocycles. The van der Waals surface area contributed by atoms with Crippen LogP contribution in [0.4, 0.5) is 0 Å². The van der Waals surface area contributed by atoms with Gasteiger partial charge in [-0.25, -0.2) is 8.93 Å². The second-order valence-corrected chi connectivity index (χ2v) is 13.8. The van der Waals surface area contributed by atoms with Gasteiger partial charge in [0.1, 0.15) is 23.2 Å². The third kappa shape index (κ3) is 3.57. The number of nitrogens with zero attached hydrogens (tertiary/aromatic N) is 1. The first-order valence-corrected chi connectivity index (χ1v) is 15.0. The van der Waals surface area contributed by atoms with Crippen LogP contribution < -0.4 is 9.46 Å². The van der Waals surface area contributed by atoms with Crippen molar-refractivity contribution in [2.45, 2.75) is 74.5 Å². The van der Waals surface area contributed by atoms with Crippen molar-refractivity contribution in [3.63, 3.8) is 0 Å². The fraction of sp³-hybridized carbons (Fsp3) is 0.600. The molecule has 6 nitrogen and oxygen atoms in total. The molecule has 2 N–H and O–H groups in total. The van der Waals surface area contributed by atoms with Gasteiger partial charge in [-0.2, -0.15) is 0 Å². The molecule has 1 saturated heterocycles. The second-order valence-electron chi connectivity index (χ2n) is 12.5. The maximum absolute atomic E-state index is 13.2. The highest BCUT2D eigenvalue weighted by Crippen LogP contribution is 2.66. The number of nitrogens with one attached hydrogen (secondary N) is 1. The minimum Gasteiger partial charge on any atom is -0.504 e. The van der Waals surface area contributed by atoms with E-state index in [4.69, 9.17) is 9.47 Å². The van der Waals surface area contributed by atoms with Gasteiger partial charge in [0.2, 0.25) is 0 Å². The minimum absolute atomic E-state index is 0.136. The fourth-order valence-electron chi connectivity index (χ4n) is 8.27. The van der Waals surface area contributed by atoms with E-state index in [9.17, 15) is 9.32 Å². The highest BCUT2D eigenvalue weighted by atomic mass is 32.2. The van der Waals surface area contributed by atoms with Gasteiger partial charge in [-0.05, 0) is 81.2 Å². The number of aromatic hydroxyl groups is 1. The van der Waals surface area contributed by atoms with Crippen LogP contribution in [0.1, 0.15) is 49.3 Å². The SMILES string of the molecule is COC1[C@@H]2Oc3c(O)ccc4c3C23CCN(CC2CC2)[C@H](C4)C3C[C@@]1(C)CNS(=O)c1ccc(C)cc1. The number of rotatable bonds is 7. The van der Waals surface area contributed by atoms with Crippen LogP contribution in [0, 0.1) is 24.2 Å². The lowest BCUT2D eigenvalue weighted by molar-refractivity contribution is -0.170. The van der Waals surface area contributed by atoms with Crippen LogP contribution in [0.15, 0.2) is 41.3 Å². The van der Waals surface area contributed by atoms with Gasteiger partial charge in [0.15, 0.2) is 11.5 Å². The van der Waals surface area contributed by atoms with Crippen molar-refractivity contribution < 1.29 is 18.8 Å². The molecular weight excluding hydrogens is 484 g/mol. The zero-order valence-corrected chi connectivity index (χ0v) is 22.9. The summed E-state index contributed by atoms with van der Waals surface area (Å²) in [6.07, 6.45) is 5.39. The van der Waals surface area contributed by atoms with Gasteiger partial charge in [0, 0.05) is 42.6 Å². The third-order valence-electron chi connectivity index (χ3n) is 10.2. The quantitative estimate of drug-likeness (QED) is 0.573. The van der Waals surface area contributed by atoms with E-state index in [1.165, 1.54) is 30.5 Å². The molecule has 2 saturated carbocycles. The maximum atomic E-state index is 13.2. The molecule has 0 aromatic heterocycles. The number of likely N-dealkylation sites (tertiary alicyclic amines) is 1. The van der Waals surface area contributed by atoms with E-state index in [2.05, 4.69) is 22.6 Å². The lowest BCUT2D eigenvalue weighted by atomic mass is 9.47. The largest absolute Gasteiger partial charge is 0.504 e. The van der Waals surface area contributed by atoms with Gasteiger partial charge in [0.25, 0.3) is 0 Å². The monoisotopic (exact) mass is 522 g/mol. The summed E-state index contributed by atoms with van der Waals surface area (Å²) in [5.74, 6) is 2.19. The number of aryl methyl sites for hydroxylation is 1. The Kier molecular flexibility index (Phi) is 5.57. The van der Waals surface area contributed by atoms with Gasteiger partial charge in [-0.3, -0.25) is 4.90 Å². The summed E-state index contributed by atoms with van der Waals surface area (Å²) < 4.78 is 29.6. The van der Waals surface area contributed by atoms with Crippen LogP contribution in [-0.4, -0.2) is 59.2 Å². The lowest BCUT2D eigenvalue weighted by Gasteiger charge is -2.63. The molecule has 3 fully saturated rings. The predicted octanol–water partition coefficient (Wildman–Crippen LogP) is 4.09. The summed E-state index contributed by atoms with van der Waals surface area (Å²) >= 11 is 0. The average Bonchev–Trinajstić information content (AvgIpc) is 3.64. The number of ether oxygens (including phenoxy) is 2. The van der Waals surface area contributed by atoms with Gasteiger partial charge in [-0.15, -0.1) is 0 Å². The molecule has 4 unspecified atom stereocenters. The van der Waals surface area contributed by atoms with E-state index in [0.29, 0.717) is 24.3 Å². The van der Waals surface area contributed by atoms with Crippen LogP contribution in [0.2, 0.25) is 0 Å². The molecule has 7 heteroatoms. The first-order valence-electron chi connectivity index (χ1n) is 13.8. The van der Waals surface area contributed by atoms with Crippen LogP contribution >= 0.6 is 0 Å². The summed E-state index contributed by atoms with van der Waals surface area (Å²) in [6.45, 7) is 7.16. The van der Waals surface area contributed by atoms with Crippen molar-refractivity contribution in [1.82, 2.24) is 9.62 Å². The van der Waals surface area contributed by atoms with E-state index in [0.717, 1.165) is 42.2 Å². The molecular formula is C30H38N2O4S. The number of hydrogen-bond donors (Lipinski definition) is 2. The van der Waals surface area contributed by atoms with E-state index < -0.39 is 11.0 Å². The van der Waals surface area contributed by atoms with Crippen LogP contribution in [-0.2, 0) is 27.6 Å². The molecule has 5 aliphatic rings. The number of methoxy groups -OCH3 is 1.